The third kappa shape index (κ3) is 5.61. The van der Waals surface area contributed by atoms with Crippen LogP contribution in [0.3, 0.4) is 0 Å². The summed E-state index contributed by atoms with van der Waals surface area (Å²) in [6.07, 6.45) is 3.60. The molecule has 6 aromatic carbocycles. The van der Waals surface area contributed by atoms with Crippen molar-refractivity contribution in [3.05, 3.63) is 188 Å². The number of rotatable bonds is 6. The van der Waals surface area contributed by atoms with Gasteiger partial charge in [0.2, 0.25) is 0 Å². The minimum Gasteiger partial charge on any atom is -0.255 e. The van der Waals surface area contributed by atoms with E-state index < -0.39 is 0 Å². The number of hydrogen-bond donors (Lipinski definition) is 0. The Kier molecular flexibility index (Phi) is 7.49. The molecule has 0 unspecified atom stereocenters. The van der Waals surface area contributed by atoms with E-state index in [1.54, 1.807) is 12.4 Å². The van der Waals surface area contributed by atoms with Gasteiger partial charge in [0.25, 0.3) is 0 Å². The fourth-order valence-electron chi connectivity index (χ4n) is 6.86. The van der Waals surface area contributed by atoms with E-state index in [1.807, 2.05) is 36.4 Å². The van der Waals surface area contributed by atoms with Gasteiger partial charge in [0.15, 0.2) is 0 Å². The number of fused-ring (bicyclic) bond motifs is 3. The first-order valence-electron chi connectivity index (χ1n) is 16.8. The van der Waals surface area contributed by atoms with Crippen molar-refractivity contribution in [2.45, 2.75) is 0 Å². The van der Waals surface area contributed by atoms with E-state index in [9.17, 15) is 0 Å². The summed E-state index contributed by atoms with van der Waals surface area (Å²) in [5.74, 6) is 0. The SMILES string of the molecule is c1ccc(-c2cc(-c3ccc(-c4ccc(-c5cccc(-c6cc7ccccc7c7ccccc67)c5)cc4)cc3)cc(-c3ccccn3)n2)nc1. The second-order valence-electron chi connectivity index (χ2n) is 12.5. The lowest BCUT2D eigenvalue weighted by Crippen LogP contribution is -1.93. The quantitative estimate of drug-likeness (QED) is 0.170. The third-order valence-corrected chi connectivity index (χ3v) is 9.39. The van der Waals surface area contributed by atoms with Crippen LogP contribution in [-0.4, -0.2) is 15.0 Å². The fourth-order valence-corrected chi connectivity index (χ4v) is 6.86. The minimum absolute atomic E-state index is 0.821. The van der Waals surface area contributed by atoms with Crippen molar-refractivity contribution in [3.8, 4) is 67.3 Å². The highest BCUT2D eigenvalue weighted by atomic mass is 14.8. The van der Waals surface area contributed by atoms with Crippen LogP contribution in [-0.2, 0) is 0 Å². The van der Waals surface area contributed by atoms with Gasteiger partial charge in [0.1, 0.15) is 0 Å². The molecule has 0 amide bonds. The smallest absolute Gasteiger partial charge is 0.0900 e. The Labute approximate surface area is 291 Å². The topological polar surface area (TPSA) is 38.7 Å². The Hall–Kier alpha value is -6.71. The second kappa shape index (κ2) is 12.7. The molecule has 3 heteroatoms. The van der Waals surface area contributed by atoms with Crippen LogP contribution in [0.5, 0.6) is 0 Å². The molecule has 9 rings (SSSR count). The summed E-state index contributed by atoms with van der Waals surface area (Å²) in [4.78, 5) is 14.0. The van der Waals surface area contributed by atoms with Crippen LogP contribution in [0.2, 0.25) is 0 Å². The van der Waals surface area contributed by atoms with Crippen LogP contribution in [0.4, 0.5) is 0 Å². The van der Waals surface area contributed by atoms with Gasteiger partial charge in [0.05, 0.1) is 22.8 Å². The molecule has 9 aromatic rings. The van der Waals surface area contributed by atoms with Crippen LogP contribution >= 0.6 is 0 Å². The molecule has 50 heavy (non-hydrogen) atoms. The van der Waals surface area contributed by atoms with E-state index in [0.29, 0.717) is 0 Å². The van der Waals surface area contributed by atoms with Gasteiger partial charge >= 0.3 is 0 Å². The zero-order chi connectivity index (χ0) is 33.3. The van der Waals surface area contributed by atoms with Crippen molar-refractivity contribution in [1.29, 1.82) is 0 Å². The van der Waals surface area contributed by atoms with E-state index in [-0.39, 0.29) is 0 Å². The molecule has 0 spiro atoms. The van der Waals surface area contributed by atoms with Crippen molar-refractivity contribution in [1.82, 2.24) is 15.0 Å². The van der Waals surface area contributed by atoms with Crippen molar-refractivity contribution >= 4 is 21.5 Å². The number of nitrogens with zero attached hydrogens (tertiary/aromatic N) is 3. The van der Waals surface area contributed by atoms with Gasteiger partial charge in [-0.05, 0) is 115 Å². The first kappa shape index (κ1) is 29.4. The highest BCUT2D eigenvalue weighted by molar-refractivity contribution is 6.13. The van der Waals surface area contributed by atoms with Gasteiger partial charge in [-0.15, -0.1) is 0 Å². The van der Waals surface area contributed by atoms with Crippen LogP contribution in [0.25, 0.3) is 88.8 Å². The minimum atomic E-state index is 0.821. The zero-order valence-electron chi connectivity index (χ0n) is 27.2. The molecule has 0 aliphatic rings. The average molecular weight is 638 g/mol. The molecule has 0 saturated carbocycles. The van der Waals surface area contributed by atoms with Crippen molar-refractivity contribution < 1.29 is 0 Å². The highest BCUT2D eigenvalue weighted by Crippen LogP contribution is 2.37. The van der Waals surface area contributed by atoms with Crippen LogP contribution in [0.1, 0.15) is 0 Å². The van der Waals surface area contributed by atoms with Gasteiger partial charge in [-0.25, -0.2) is 4.98 Å². The Morgan fingerprint density at radius 1 is 0.280 bits per heavy atom. The van der Waals surface area contributed by atoms with E-state index in [2.05, 4.69) is 149 Å². The molecule has 3 aromatic heterocycles. The van der Waals surface area contributed by atoms with Crippen LogP contribution in [0.15, 0.2) is 188 Å². The molecule has 234 valence electrons. The maximum atomic E-state index is 4.92. The second-order valence-corrected chi connectivity index (χ2v) is 12.5. The summed E-state index contributed by atoms with van der Waals surface area (Å²) in [6.45, 7) is 0. The lowest BCUT2D eigenvalue weighted by molar-refractivity contribution is 1.22. The third-order valence-electron chi connectivity index (χ3n) is 9.39. The molecule has 0 atom stereocenters. The van der Waals surface area contributed by atoms with E-state index in [1.165, 1.54) is 54.9 Å². The van der Waals surface area contributed by atoms with Crippen LogP contribution < -0.4 is 0 Å². The molecule has 0 saturated heterocycles. The predicted octanol–water partition coefficient (Wildman–Crippen LogP) is 12.2. The lowest BCUT2D eigenvalue weighted by Gasteiger charge is -2.13. The molecule has 3 nitrogen and oxygen atoms in total. The maximum Gasteiger partial charge on any atom is 0.0900 e. The maximum absolute atomic E-state index is 4.92. The monoisotopic (exact) mass is 637 g/mol. The molecule has 0 bridgehead atoms. The van der Waals surface area contributed by atoms with Gasteiger partial charge in [-0.2, -0.15) is 0 Å². The number of hydrogen-bond acceptors (Lipinski definition) is 3. The number of benzene rings is 6. The van der Waals surface area contributed by atoms with Gasteiger partial charge < -0.3 is 0 Å². The average Bonchev–Trinajstić information content (AvgIpc) is 3.21. The summed E-state index contributed by atoms with van der Waals surface area (Å²) < 4.78 is 0. The number of pyridine rings is 3. The Balaban J connectivity index is 1.02. The zero-order valence-corrected chi connectivity index (χ0v) is 27.2. The van der Waals surface area contributed by atoms with Gasteiger partial charge in [0, 0.05) is 12.4 Å². The van der Waals surface area contributed by atoms with Crippen molar-refractivity contribution in [2.75, 3.05) is 0 Å². The molecule has 0 aliphatic carbocycles. The summed E-state index contributed by atoms with van der Waals surface area (Å²) >= 11 is 0. The summed E-state index contributed by atoms with van der Waals surface area (Å²) in [5.41, 5.74) is 12.7. The molecule has 0 radical (unpaired) electrons. The first-order valence-corrected chi connectivity index (χ1v) is 16.8. The number of aromatic nitrogens is 3. The van der Waals surface area contributed by atoms with Crippen molar-refractivity contribution in [2.24, 2.45) is 0 Å². The lowest BCUT2D eigenvalue weighted by atomic mass is 9.91. The molecule has 0 N–H and O–H groups in total. The van der Waals surface area contributed by atoms with Gasteiger partial charge in [-0.1, -0.05) is 127 Å². The largest absolute Gasteiger partial charge is 0.255 e. The predicted molar refractivity (Wildman–Crippen MR) is 207 cm³/mol. The Morgan fingerprint density at radius 3 is 1.38 bits per heavy atom. The molecular weight excluding hydrogens is 607 g/mol. The van der Waals surface area contributed by atoms with E-state index >= 15 is 0 Å². The molecule has 3 heterocycles. The van der Waals surface area contributed by atoms with Crippen LogP contribution in [0, 0.1) is 0 Å². The molecule has 0 fully saturated rings. The summed E-state index contributed by atoms with van der Waals surface area (Å²) in [6, 6.07) is 62.2. The fraction of sp³-hybridized carbons (Fsp3) is 0. The normalized spacial score (nSPS) is 11.2. The standard InChI is InChI=1S/C47H31N3/c1-2-13-40-38(10-1)29-43(42-15-4-3-14-41(40)42)37-12-9-11-36(28-37)34-22-18-32(19-23-34)33-20-24-35(25-21-33)39-30-46(44-16-5-7-26-48-44)50-47(31-39)45-17-6-8-27-49-45/h1-31H. The van der Waals surface area contributed by atoms with Crippen molar-refractivity contribution in [3.63, 3.8) is 0 Å². The molecule has 0 aliphatic heterocycles. The Bertz CT molecular complexity index is 2550. The van der Waals surface area contributed by atoms with E-state index in [0.717, 1.165) is 33.9 Å². The van der Waals surface area contributed by atoms with Gasteiger partial charge in [-0.3, -0.25) is 9.97 Å². The first-order chi connectivity index (χ1) is 24.8. The molecular formula is C47H31N3. The highest BCUT2D eigenvalue weighted by Gasteiger charge is 2.12. The summed E-state index contributed by atoms with van der Waals surface area (Å²) in [7, 11) is 0. The van der Waals surface area contributed by atoms with E-state index in [4.69, 9.17) is 4.98 Å². The summed E-state index contributed by atoms with van der Waals surface area (Å²) in [5, 5.41) is 5.10. The Morgan fingerprint density at radius 2 is 0.780 bits per heavy atom.